The van der Waals surface area contributed by atoms with Crippen molar-refractivity contribution in [3.8, 4) is 11.5 Å². The molecule has 0 radical (unpaired) electrons. The number of nitrogens with zero attached hydrogens (tertiary/aromatic N) is 1. The molecule has 1 aliphatic heterocycles. The lowest BCUT2D eigenvalue weighted by molar-refractivity contribution is -0.140. The predicted molar refractivity (Wildman–Crippen MR) is 104 cm³/mol. The molecule has 2 aromatic rings. The predicted octanol–water partition coefficient (Wildman–Crippen LogP) is 3.54. The van der Waals surface area contributed by atoms with Crippen LogP contribution in [0.2, 0.25) is 0 Å². The van der Waals surface area contributed by atoms with Crippen molar-refractivity contribution < 1.29 is 22.7 Å². The molecule has 6 nitrogen and oxygen atoms in total. The van der Waals surface area contributed by atoms with Crippen molar-refractivity contribution in [3.63, 3.8) is 0 Å². The molecule has 0 bridgehead atoms. The Balaban J connectivity index is 1.53. The van der Waals surface area contributed by atoms with Crippen molar-refractivity contribution in [2.45, 2.75) is 30.4 Å². The maximum atomic E-state index is 12.5. The summed E-state index contributed by atoms with van der Waals surface area (Å²) in [5.41, 5.74) is 0. The molecule has 3 rings (SSSR count). The molecule has 2 heterocycles. The third kappa shape index (κ3) is 4.88. The third-order valence-electron chi connectivity index (χ3n) is 4.39. The molecule has 27 heavy (non-hydrogen) atoms. The van der Waals surface area contributed by atoms with Crippen LogP contribution in [0, 0.1) is 5.92 Å². The fourth-order valence-electron chi connectivity index (χ4n) is 2.89. The third-order valence-corrected chi connectivity index (χ3v) is 7.66. The van der Waals surface area contributed by atoms with Crippen LogP contribution in [0.4, 0.5) is 0 Å². The topological polar surface area (TPSA) is 72.9 Å². The number of hydrogen-bond donors (Lipinski definition) is 0. The minimum Gasteiger partial charge on any atom is -0.494 e. The SMILES string of the molecule is CCCOc1ccc(OC(=O)C2CCN(S(=O)(=O)c3cccs3)CC2)cc1. The fraction of sp³-hybridized carbons (Fsp3) is 0.421. The van der Waals surface area contributed by atoms with Gasteiger partial charge in [0.25, 0.3) is 10.0 Å². The Hall–Kier alpha value is -1.90. The molecule has 1 aliphatic rings. The number of carbonyl (C=O) groups excluding carboxylic acids is 1. The van der Waals surface area contributed by atoms with E-state index in [1.54, 1.807) is 41.8 Å². The Bertz CT molecular complexity index is 839. The molecule has 1 saturated heterocycles. The van der Waals surface area contributed by atoms with Crippen molar-refractivity contribution in [3.05, 3.63) is 41.8 Å². The van der Waals surface area contributed by atoms with Crippen LogP contribution in [0.5, 0.6) is 11.5 Å². The molecule has 1 aromatic heterocycles. The van der Waals surface area contributed by atoms with E-state index < -0.39 is 10.0 Å². The molecule has 0 atom stereocenters. The number of thiophene rings is 1. The summed E-state index contributed by atoms with van der Waals surface area (Å²) < 4.78 is 37.8. The van der Waals surface area contributed by atoms with Crippen LogP contribution in [-0.4, -0.2) is 38.4 Å². The second kappa shape index (κ2) is 8.86. The number of benzene rings is 1. The lowest BCUT2D eigenvalue weighted by Gasteiger charge is -2.29. The van der Waals surface area contributed by atoms with Gasteiger partial charge in [0, 0.05) is 13.1 Å². The van der Waals surface area contributed by atoms with Gasteiger partial charge in [0.15, 0.2) is 0 Å². The van der Waals surface area contributed by atoms with Gasteiger partial charge in [0.2, 0.25) is 0 Å². The lowest BCUT2D eigenvalue weighted by atomic mass is 9.98. The van der Waals surface area contributed by atoms with Gasteiger partial charge in [-0.3, -0.25) is 4.79 Å². The summed E-state index contributed by atoms with van der Waals surface area (Å²) in [7, 11) is -3.45. The zero-order valence-corrected chi connectivity index (χ0v) is 16.8. The number of rotatable bonds is 7. The second-order valence-corrected chi connectivity index (χ2v) is 9.46. The highest BCUT2D eigenvalue weighted by Crippen LogP contribution is 2.27. The van der Waals surface area contributed by atoms with E-state index in [9.17, 15) is 13.2 Å². The number of sulfonamides is 1. The van der Waals surface area contributed by atoms with Crippen molar-refractivity contribution in [1.29, 1.82) is 0 Å². The van der Waals surface area contributed by atoms with Gasteiger partial charge >= 0.3 is 5.97 Å². The van der Waals surface area contributed by atoms with E-state index in [4.69, 9.17) is 9.47 Å². The molecule has 0 aliphatic carbocycles. The first-order valence-electron chi connectivity index (χ1n) is 8.99. The molecular weight excluding hydrogens is 386 g/mol. The average molecular weight is 410 g/mol. The summed E-state index contributed by atoms with van der Waals surface area (Å²) in [6.07, 6.45) is 1.85. The Morgan fingerprint density at radius 2 is 1.81 bits per heavy atom. The van der Waals surface area contributed by atoms with Gasteiger partial charge in [0.05, 0.1) is 12.5 Å². The Morgan fingerprint density at radius 3 is 2.41 bits per heavy atom. The number of esters is 1. The highest BCUT2D eigenvalue weighted by molar-refractivity contribution is 7.91. The Morgan fingerprint density at radius 1 is 1.15 bits per heavy atom. The van der Waals surface area contributed by atoms with Crippen molar-refractivity contribution in [1.82, 2.24) is 4.31 Å². The van der Waals surface area contributed by atoms with Crippen molar-refractivity contribution in [2.75, 3.05) is 19.7 Å². The minimum atomic E-state index is -3.45. The molecular formula is C19H23NO5S2. The molecule has 0 saturated carbocycles. The largest absolute Gasteiger partial charge is 0.494 e. The maximum absolute atomic E-state index is 12.5. The number of piperidine rings is 1. The molecule has 0 spiro atoms. The summed E-state index contributed by atoms with van der Waals surface area (Å²) in [5.74, 6) is 0.599. The Kier molecular flexibility index (Phi) is 6.51. The first kappa shape index (κ1) is 19.9. The van der Waals surface area contributed by atoms with Crippen LogP contribution in [0.1, 0.15) is 26.2 Å². The first-order valence-corrected chi connectivity index (χ1v) is 11.3. The highest BCUT2D eigenvalue weighted by Gasteiger charge is 2.33. The minimum absolute atomic E-state index is 0.296. The van der Waals surface area contributed by atoms with Crippen LogP contribution >= 0.6 is 11.3 Å². The number of carbonyl (C=O) groups is 1. The first-order chi connectivity index (χ1) is 13.0. The molecule has 1 fully saturated rings. The second-order valence-electron chi connectivity index (χ2n) is 6.35. The van der Waals surface area contributed by atoms with Gasteiger partial charge in [-0.2, -0.15) is 4.31 Å². The molecule has 8 heteroatoms. The summed E-state index contributed by atoms with van der Waals surface area (Å²) in [5, 5.41) is 1.75. The van der Waals surface area contributed by atoms with E-state index >= 15 is 0 Å². The van der Waals surface area contributed by atoms with E-state index in [0.717, 1.165) is 12.2 Å². The van der Waals surface area contributed by atoms with E-state index in [-0.39, 0.29) is 11.9 Å². The molecule has 0 amide bonds. The molecule has 0 N–H and O–H groups in total. The van der Waals surface area contributed by atoms with E-state index in [1.165, 1.54) is 15.6 Å². The maximum Gasteiger partial charge on any atom is 0.314 e. The van der Waals surface area contributed by atoms with Crippen LogP contribution in [-0.2, 0) is 14.8 Å². The van der Waals surface area contributed by atoms with Gasteiger partial charge in [-0.15, -0.1) is 11.3 Å². The van der Waals surface area contributed by atoms with Crippen molar-refractivity contribution in [2.24, 2.45) is 5.92 Å². The van der Waals surface area contributed by atoms with Crippen molar-refractivity contribution >= 4 is 27.3 Å². The molecule has 146 valence electrons. The monoisotopic (exact) mass is 409 g/mol. The molecule has 1 aromatic carbocycles. The van der Waals surface area contributed by atoms with Gasteiger partial charge in [0.1, 0.15) is 15.7 Å². The zero-order chi connectivity index (χ0) is 19.3. The highest BCUT2D eigenvalue weighted by atomic mass is 32.2. The lowest BCUT2D eigenvalue weighted by Crippen LogP contribution is -2.40. The van der Waals surface area contributed by atoms with E-state index in [1.807, 2.05) is 6.92 Å². The summed E-state index contributed by atoms with van der Waals surface area (Å²) in [4.78, 5) is 12.4. The fourth-order valence-corrected chi connectivity index (χ4v) is 5.51. The standard InChI is InChI=1S/C19H23NO5S2/c1-2-13-24-16-5-7-17(8-6-16)25-19(21)15-9-11-20(12-10-15)27(22,23)18-4-3-14-26-18/h3-8,14-15H,2,9-13H2,1H3. The van der Waals surface area contributed by atoms with Crippen LogP contribution in [0.3, 0.4) is 0 Å². The number of ether oxygens (including phenoxy) is 2. The summed E-state index contributed by atoms with van der Waals surface area (Å²) >= 11 is 1.21. The van der Waals surface area contributed by atoms with Gasteiger partial charge < -0.3 is 9.47 Å². The number of hydrogen-bond acceptors (Lipinski definition) is 6. The van der Waals surface area contributed by atoms with Gasteiger partial charge in [-0.05, 0) is 55.0 Å². The normalized spacial score (nSPS) is 16.2. The van der Waals surface area contributed by atoms with E-state index in [0.29, 0.717) is 42.5 Å². The zero-order valence-electron chi connectivity index (χ0n) is 15.2. The quantitative estimate of drug-likeness (QED) is 0.517. The summed E-state index contributed by atoms with van der Waals surface area (Å²) in [6, 6.07) is 10.3. The van der Waals surface area contributed by atoms with Crippen LogP contribution in [0.25, 0.3) is 0 Å². The van der Waals surface area contributed by atoms with Crippen LogP contribution < -0.4 is 9.47 Å². The summed E-state index contributed by atoms with van der Waals surface area (Å²) in [6.45, 7) is 3.33. The van der Waals surface area contributed by atoms with E-state index in [2.05, 4.69) is 0 Å². The molecule has 0 unspecified atom stereocenters. The van der Waals surface area contributed by atoms with Gasteiger partial charge in [-0.1, -0.05) is 13.0 Å². The van der Waals surface area contributed by atoms with Gasteiger partial charge in [-0.25, -0.2) is 8.42 Å². The van der Waals surface area contributed by atoms with Crippen LogP contribution in [0.15, 0.2) is 46.0 Å². The average Bonchev–Trinajstić information content (AvgIpc) is 3.23. The smallest absolute Gasteiger partial charge is 0.314 e. The Labute approximate surface area is 163 Å².